The Balaban J connectivity index is 1.52. The first-order valence-corrected chi connectivity index (χ1v) is 11.8. The number of nitrogen functional groups attached to an aromatic ring is 1. The fourth-order valence-electron chi connectivity index (χ4n) is 3.33. The Hall–Kier alpha value is -3.00. The predicted molar refractivity (Wildman–Crippen MR) is 134 cm³/mol. The molecule has 1 aromatic heterocycles. The lowest BCUT2D eigenvalue weighted by molar-refractivity contribution is -0.120. The van der Waals surface area contributed by atoms with E-state index < -0.39 is 5.25 Å². The van der Waals surface area contributed by atoms with Crippen LogP contribution in [0.15, 0.2) is 84.0 Å². The van der Waals surface area contributed by atoms with Crippen molar-refractivity contribution in [3.63, 3.8) is 0 Å². The lowest BCUT2D eigenvalue weighted by Gasteiger charge is -2.22. The Morgan fingerprint density at radius 2 is 1.58 bits per heavy atom. The van der Waals surface area contributed by atoms with Crippen molar-refractivity contribution in [2.24, 2.45) is 0 Å². The molecule has 1 heterocycles. The highest BCUT2D eigenvalue weighted by Gasteiger charge is 2.24. The minimum absolute atomic E-state index is 0.146. The SMILES string of the molecule is CC(Sc1nnc(-c2ccc(Cl)cc2Cl)n1N)C(=O)NC(c1ccccc1)c1ccccc1. The third-order valence-electron chi connectivity index (χ3n) is 5.04. The zero-order valence-electron chi connectivity index (χ0n) is 17.7. The van der Waals surface area contributed by atoms with E-state index in [9.17, 15) is 4.79 Å². The molecule has 0 fully saturated rings. The van der Waals surface area contributed by atoms with Crippen molar-refractivity contribution in [1.29, 1.82) is 0 Å². The molecule has 0 aliphatic rings. The summed E-state index contributed by atoms with van der Waals surface area (Å²) in [6.07, 6.45) is 0. The molecule has 4 aromatic rings. The van der Waals surface area contributed by atoms with Crippen molar-refractivity contribution in [3.05, 3.63) is 100 Å². The summed E-state index contributed by atoms with van der Waals surface area (Å²) in [5, 5.41) is 12.3. The Bertz CT molecular complexity index is 1210. The number of hydrogen-bond acceptors (Lipinski definition) is 5. The van der Waals surface area contributed by atoms with E-state index in [2.05, 4.69) is 15.5 Å². The molecule has 0 spiro atoms. The van der Waals surface area contributed by atoms with E-state index in [4.69, 9.17) is 29.0 Å². The average Bonchev–Trinajstić information content (AvgIpc) is 3.18. The Kier molecular flexibility index (Phi) is 7.23. The topological polar surface area (TPSA) is 85.8 Å². The molecule has 3 N–H and O–H groups in total. The lowest BCUT2D eigenvalue weighted by Crippen LogP contribution is -2.35. The fraction of sp³-hybridized carbons (Fsp3) is 0.125. The zero-order valence-corrected chi connectivity index (χ0v) is 20.0. The van der Waals surface area contributed by atoms with Gasteiger partial charge in [0.15, 0.2) is 5.82 Å². The summed E-state index contributed by atoms with van der Waals surface area (Å²) in [6.45, 7) is 1.80. The second-order valence-corrected chi connectivity index (χ2v) is 9.47. The molecule has 0 radical (unpaired) electrons. The molecule has 4 rings (SSSR count). The van der Waals surface area contributed by atoms with Crippen LogP contribution < -0.4 is 11.2 Å². The van der Waals surface area contributed by atoms with Gasteiger partial charge >= 0.3 is 0 Å². The van der Waals surface area contributed by atoms with Gasteiger partial charge in [-0.2, -0.15) is 0 Å². The highest BCUT2D eigenvalue weighted by Crippen LogP contribution is 2.31. The quantitative estimate of drug-likeness (QED) is 0.265. The van der Waals surface area contributed by atoms with Crippen LogP contribution in [-0.4, -0.2) is 26.0 Å². The maximum Gasteiger partial charge on any atom is 0.234 e. The summed E-state index contributed by atoms with van der Waals surface area (Å²) in [6, 6.07) is 24.5. The molecule has 1 atom stereocenters. The number of carbonyl (C=O) groups excluding carboxylic acids is 1. The molecule has 0 aliphatic heterocycles. The average molecular weight is 498 g/mol. The molecule has 0 saturated heterocycles. The van der Waals surface area contributed by atoms with Crippen molar-refractivity contribution in [2.45, 2.75) is 23.4 Å². The van der Waals surface area contributed by atoms with Gasteiger partial charge in [-0.25, -0.2) is 4.68 Å². The van der Waals surface area contributed by atoms with Gasteiger partial charge in [0.2, 0.25) is 11.1 Å². The van der Waals surface area contributed by atoms with E-state index in [1.807, 2.05) is 60.7 Å². The Morgan fingerprint density at radius 1 is 0.970 bits per heavy atom. The molecule has 168 valence electrons. The second kappa shape index (κ2) is 10.3. The number of amides is 1. The van der Waals surface area contributed by atoms with Crippen LogP contribution in [0.25, 0.3) is 11.4 Å². The van der Waals surface area contributed by atoms with Crippen LogP contribution in [0, 0.1) is 0 Å². The second-order valence-electron chi connectivity index (χ2n) is 7.32. The number of carbonyl (C=O) groups is 1. The van der Waals surface area contributed by atoms with Crippen molar-refractivity contribution >= 4 is 40.9 Å². The van der Waals surface area contributed by atoms with Crippen molar-refractivity contribution in [1.82, 2.24) is 20.2 Å². The number of rotatable bonds is 7. The highest BCUT2D eigenvalue weighted by atomic mass is 35.5. The van der Waals surface area contributed by atoms with Gasteiger partial charge in [-0.1, -0.05) is 95.6 Å². The van der Waals surface area contributed by atoms with Gasteiger partial charge in [-0.05, 0) is 36.2 Å². The van der Waals surface area contributed by atoms with Crippen molar-refractivity contribution in [3.8, 4) is 11.4 Å². The number of hydrogen-bond donors (Lipinski definition) is 2. The number of nitrogens with one attached hydrogen (secondary N) is 1. The number of halogens is 2. The van der Waals surface area contributed by atoms with E-state index in [-0.39, 0.29) is 11.9 Å². The zero-order chi connectivity index (χ0) is 23.4. The maximum atomic E-state index is 13.1. The first-order valence-electron chi connectivity index (χ1n) is 10.2. The van der Waals surface area contributed by atoms with Gasteiger partial charge in [-0.3, -0.25) is 4.79 Å². The number of aromatic nitrogens is 3. The first kappa shape index (κ1) is 23.2. The van der Waals surface area contributed by atoms with E-state index in [1.54, 1.807) is 25.1 Å². The Morgan fingerprint density at radius 3 is 2.15 bits per heavy atom. The number of thioether (sulfide) groups is 1. The summed E-state index contributed by atoms with van der Waals surface area (Å²) in [4.78, 5) is 13.1. The van der Waals surface area contributed by atoms with Gasteiger partial charge in [-0.15, -0.1) is 10.2 Å². The first-order chi connectivity index (χ1) is 15.9. The lowest BCUT2D eigenvalue weighted by atomic mass is 9.98. The smallest absolute Gasteiger partial charge is 0.234 e. The standard InChI is InChI=1S/C24H21Cl2N5OS/c1-15(33-24-30-29-22(31(24)27)19-13-12-18(25)14-20(19)26)23(32)28-21(16-8-4-2-5-9-16)17-10-6-3-7-11-17/h2-15,21H,27H2,1H3,(H,28,32). The number of nitrogens with two attached hydrogens (primary N) is 1. The Labute approximate surface area is 206 Å². The van der Waals surface area contributed by atoms with Gasteiger partial charge in [0.05, 0.1) is 16.3 Å². The number of benzene rings is 3. The number of nitrogens with zero attached hydrogens (tertiary/aromatic N) is 3. The minimum Gasteiger partial charge on any atom is -0.344 e. The normalized spacial score (nSPS) is 12.0. The van der Waals surface area contributed by atoms with Crippen LogP contribution >= 0.6 is 35.0 Å². The summed E-state index contributed by atoms with van der Waals surface area (Å²) in [5.41, 5.74) is 2.60. The van der Waals surface area contributed by atoms with Crippen LogP contribution in [0.1, 0.15) is 24.1 Å². The van der Waals surface area contributed by atoms with Gasteiger partial charge < -0.3 is 11.2 Å². The summed E-state index contributed by atoms with van der Waals surface area (Å²) in [7, 11) is 0. The fourth-order valence-corrected chi connectivity index (χ4v) is 4.61. The molecular weight excluding hydrogens is 477 g/mol. The highest BCUT2D eigenvalue weighted by molar-refractivity contribution is 8.00. The summed E-state index contributed by atoms with van der Waals surface area (Å²) in [5.74, 6) is 6.46. The van der Waals surface area contributed by atoms with Crippen LogP contribution in [0.4, 0.5) is 0 Å². The molecular formula is C24H21Cl2N5OS. The third-order valence-corrected chi connectivity index (χ3v) is 6.64. The minimum atomic E-state index is -0.472. The van der Waals surface area contributed by atoms with Crippen LogP contribution in [0.5, 0.6) is 0 Å². The molecule has 0 saturated carbocycles. The molecule has 1 unspecified atom stereocenters. The van der Waals surface area contributed by atoms with Crippen molar-refractivity contribution in [2.75, 3.05) is 5.84 Å². The predicted octanol–water partition coefficient (Wildman–Crippen LogP) is 5.35. The van der Waals surface area contributed by atoms with Crippen LogP contribution in [-0.2, 0) is 4.79 Å². The van der Waals surface area contributed by atoms with Crippen LogP contribution in [0.2, 0.25) is 10.0 Å². The van der Waals surface area contributed by atoms with E-state index in [0.717, 1.165) is 11.1 Å². The van der Waals surface area contributed by atoms with Crippen molar-refractivity contribution < 1.29 is 4.79 Å². The summed E-state index contributed by atoms with van der Waals surface area (Å²) >= 11 is 13.5. The molecule has 3 aromatic carbocycles. The molecule has 33 heavy (non-hydrogen) atoms. The molecule has 0 aliphatic carbocycles. The van der Waals surface area contributed by atoms with E-state index in [1.165, 1.54) is 16.4 Å². The molecule has 0 bridgehead atoms. The van der Waals surface area contributed by atoms with Gasteiger partial charge in [0.25, 0.3) is 0 Å². The van der Waals surface area contributed by atoms with Gasteiger partial charge in [0.1, 0.15) is 0 Å². The molecule has 6 nitrogen and oxygen atoms in total. The van der Waals surface area contributed by atoms with E-state index >= 15 is 0 Å². The van der Waals surface area contributed by atoms with Gasteiger partial charge in [0, 0.05) is 10.6 Å². The monoisotopic (exact) mass is 497 g/mol. The maximum absolute atomic E-state index is 13.1. The molecule has 9 heteroatoms. The summed E-state index contributed by atoms with van der Waals surface area (Å²) < 4.78 is 1.33. The third kappa shape index (κ3) is 5.33. The van der Waals surface area contributed by atoms with Crippen LogP contribution in [0.3, 0.4) is 0 Å². The largest absolute Gasteiger partial charge is 0.344 e. The van der Waals surface area contributed by atoms with E-state index in [0.29, 0.717) is 26.6 Å². The molecule has 1 amide bonds.